The van der Waals surface area contributed by atoms with Crippen molar-refractivity contribution < 1.29 is 9.52 Å². The van der Waals surface area contributed by atoms with E-state index < -0.39 is 0 Å². The lowest BCUT2D eigenvalue weighted by Gasteiger charge is -2.00. The number of hydrogen-bond donors (Lipinski definition) is 0. The maximum Gasteiger partial charge on any atom is 0.199 e. The topological polar surface area (TPSA) is 44.0 Å². The summed E-state index contributed by atoms with van der Waals surface area (Å²) >= 11 is 0. The Kier molecular flexibility index (Phi) is 2.46. The largest absolute Gasteiger partial charge is 0.619 e. The summed E-state index contributed by atoms with van der Waals surface area (Å²) in [5, 5.41) is 11.0. The van der Waals surface area contributed by atoms with Crippen LogP contribution in [0.4, 0.5) is 0 Å². The Morgan fingerprint density at radius 2 is 1.67 bits per heavy atom. The van der Waals surface area contributed by atoms with Gasteiger partial charge in [-0.3, -0.25) is 4.79 Å². The number of benzene rings is 1. The summed E-state index contributed by atoms with van der Waals surface area (Å²) in [6, 6.07) is 12.1. The van der Waals surface area contributed by atoms with Gasteiger partial charge in [-0.15, -0.1) is 0 Å². The van der Waals surface area contributed by atoms with E-state index in [0.717, 1.165) is 0 Å². The number of nitrogens with zero attached hydrogens (tertiary/aromatic N) is 1. The molecule has 0 N–H and O–H groups in total. The van der Waals surface area contributed by atoms with Crippen LogP contribution < -0.4 is 4.73 Å². The molecule has 0 aliphatic carbocycles. The molecule has 0 aliphatic heterocycles. The van der Waals surface area contributed by atoms with Crippen molar-refractivity contribution in [2.75, 3.05) is 0 Å². The van der Waals surface area contributed by atoms with E-state index in [2.05, 4.69) is 0 Å². The van der Waals surface area contributed by atoms with Crippen molar-refractivity contribution in [2.45, 2.75) is 0 Å². The van der Waals surface area contributed by atoms with Crippen LogP contribution in [0.25, 0.3) is 0 Å². The van der Waals surface area contributed by atoms with Gasteiger partial charge in [-0.1, -0.05) is 30.3 Å². The molecule has 1 aromatic carbocycles. The van der Waals surface area contributed by atoms with Crippen LogP contribution in [0.1, 0.15) is 15.9 Å². The van der Waals surface area contributed by atoms with E-state index in [1.807, 2.05) is 6.07 Å². The summed E-state index contributed by atoms with van der Waals surface area (Å²) in [5.41, 5.74) is 0.988. The highest BCUT2D eigenvalue weighted by Crippen LogP contribution is 2.06. The lowest BCUT2D eigenvalue weighted by atomic mass is 10.1. The second kappa shape index (κ2) is 3.92. The lowest BCUT2D eigenvalue weighted by molar-refractivity contribution is -0.605. The van der Waals surface area contributed by atoms with E-state index in [9.17, 15) is 10.0 Å². The molecule has 74 valence electrons. The van der Waals surface area contributed by atoms with Crippen LogP contribution in [-0.4, -0.2) is 5.78 Å². The number of ketones is 1. The Morgan fingerprint density at radius 1 is 1.00 bits per heavy atom. The number of aromatic nitrogens is 1. The minimum atomic E-state index is -0.138. The Bertz CT molecular complexity index is 480. The Balaban J connectivity index is 2.37. The zero-order valence-electron chi connectivity index (χ0n) is 7.96. The third-order valence-corrected chi connectivity index (χ3v) is 2.07. The molecule has 1 aromatic heterocycles. The molecular weight excluding hydrogens is 190 g/mol. The van der Waals surface area contributed by atoms with Crippen molar-refractivity contribution in [2.24, 2.45) is 0 Å². The highest BCUT2D eigenvalue weighted by Gasteiger charge is 2.10. The Labute approximate surface area is 87.2 Å². The first-order valence-electron chi connectivity index (χ1n) is 4.56. The van der Waals surface area contributed by atoms with Gasteiger partial charge in [0.25, 0.3) is 0 Å². The maximum atomic E-state index is 11.8. The Hall–Kier alpha value is -2.16. The van der Waals surface area contributed by atoms with Crippen LogP contribution >= 0.6 is 0 Å². The molecule has 0 fully saturated rings. The van der Waals surface area contributed by atoms with Crippen molar-refractivity contribution in [3.8, 4) is 0 Å². The van der Waals surface area contributed by atoms with Gasteiger partial charge >= 0.3 is 0 Å². The molecule has 0 bridgehead atoms. The molecule has 0 atom stereocenters. The van der Waals surface area contributed by atoms with Crippen LogP contribution in [-0.2, 0) is 0 Å². The van der Waals surface area contributed by atoms with E-state index >= 15 is 0 Å². The van der Waals surface area contributed by atoms with Gasteiger partial charge in [-0.25, -0.2) is 0 Å². The van der Waals surface area contributed by atoms with Crippen molar-refractivity contribution in [1.82, 2.24) is 0 Å². The number of hydrogen-bond acceptors (Lipinski definition) is 2. The zero-order valence-corrected chi connectivity index (χ0v) is 7.96. The van der Waals surface area contributed by atoms with Crippen molar-refractivity contribution in [1.29, 1.82) is 0 Å². The highest BCUT2D eigenvalue weighted by molar-refractivity contribution is 6.08. The number of carbonyl (C=O) groups is 1. The third-order valence-electron chi connectivity index (χ3n) is 2.07. The first-order valence-corrected chi connectivity index (χ1v) is 4.56. The van der Waals surface area contributed by atoms with Gasteiger partial charge in [-0.05, 0) is 6.07 Å². The zero-order chi connectivity index (χ0) is 10.7. The summed E-state index contributed by atoms with van der Waals surface area (Å²) < 4.78 is 0.621. The SMILES string of the molecule is O=C(c1ccccc1)c1ccc[n+]([O-])c1. The lowest BCUT2D eigenvalue weighted by Crippen LogP contribution is -2.25. The molecule has 2 aromatic rings. The molecule has 0 aliphatic rings. The number of rotatable bonds is 2. The van der Waals surface area contributed by atoms with E-state index in [1.54, 1.807) is 36.4 Å². The molecule has 3 heteroatoms. The van der Waals surface area contributed by atoms with E-state index in [-0.39, 0.29) is 5.78 Å². The summed E-state index contributed by atoms with van der Waals surface area (Å²) in [6.45, 7) is 0. The maximum absolute atomic E-state index is 11.8. The minimum absolute atomic E-state index is 0.138. The highest BCUT2D eigenvalue weighted by atomic mass is 16.5. The predicted octanol–water partition coefficient (Wildman–Crippen LogP) is 1.55. The van der Waals surface area contributed by atoms with Crippen molar-refractivity contribution in [3.05, 3.63) is 71.2 Å². The molecule has 0 unspecified atom stereocenters. The molecule has 0 radical (unpaired) electrons. The summed E-state index contributed by atoms with van der Waals surface area (Å²) in [6.07, 6.45) is 2.62. The van der Waals surface area contributed by atoms with Crippen LogP contribution in [0.2, 0.25) is 0 Å². The molecular formula is C12H9NO2. The molecule has 0 spiro atoms. The smallest absolute Gasteiger partial charge is 0.199 e. The van der Waals surface area contributed by atoms with Gasteiger partial charge in [0.05, 0.1) is 5.56 Å². The molecule has 0 saturated heterocycles. The minimum Gasteiger partial charge on any atom is -0.619 e. The monoisotopic (exact) mass is 199 g/mol. The Morgan fingerprint density at radius 3 is 2.33 bits per heavy atom. The fraction of sp³-hybridized carbons (Fsp3) is 0. The average Bonchev–Trinajstić information content (AvgIpc) is 2.29. The molecule has 2 rings (SSSR count). The first kappa shape index (κ1) is 9.40. The first-order chi connectivity index (χ1) is 7.27. The second-order valence-corrected chi connectivity index (χ2v) is 3.15. The van der Waals surface area contributed by atoms with Crippen LogP contribution in [0.3, 0.4) is 0 Å². The van der Waals surface area contributed by atoms with Crippen molar-refractivity contribution in [3.63, 3.8) is 0 Å². The molecule has 0 amide bonds. The number of pyridine rings is 1. The quantitative estimate of drug-likeness (QED) is 0.418. The second-order valence-electron chi connectivity index (χ2n) is 3.15. The van der Waals surface area contributed by atoms with Crippen LogP contribution in [0.15, 0.2) is 54.9 Å². The van der Waals surface area contributed by atoms with Gasteiger partial charge in [-0.2, -0.15) is 4.73 Å². The summed E-state index contributed by atoms with van der Waals surface area (Å²) in [7, 11) is 0. The molecule has 3 nitrogen and oxygen atoms in total. The van der Waals surface area contributed by atoms with Crippen LogP contribution in [0, 0.1) is 5.21 Å². The standard InChI is InChI=1S/C12H9NO2/c14-12(10-5-2-1-3-6-10)11-7-4-8-13(15)9-11/h1-9H. The van der Waals surface area contributed by atoms with Gasteiger partial charge < -0.3 is 5.21 Å². The van der Waals surface area contributed by atoms with E-state index in [0.29, 0.717) is 15.9 Å². The van der Waals surface area contributed by atoms with Gasteiger partial charge in [0, 0.05) is 11.6 Å². The predicted molar refractivity (Wildman–Crippen MR) is 55.3 cm³/mol. The van der Waals surface area contributed by atoms with E-state index in [1.165, 1.54) is 12.4 Å². The van der Waals surface area contributed by atoms with Crippen molar-refractivity contribution >= 4 is 5.78 Å². The molecule has 0 saturated carbocycles. The fourth-order valence-electron chi connectivity index (χ4n) is 1.35. The normalized spacial score (nSPS) is 9.87. The summed E-state index contributed by atoms with van der Waals surface area (Å²) in [5.74, 6) is -0.138. The fourth-order valence-corrected chi connectivity index (χ4v) is 1.35. The molecule has 15 heavy (non-hydrogen) atoms. The van der Waals surface area contributed by atoms with Gasteiger partial charge in [0.1, 0.15) is 0 Å². The average molecular weight is 199 g/mol. The van der Waals surface area contributed by atoms with Crippen LogP contribution in [0.5, 0.6) is 0 Å². The summed E-state index contributed by atoms with van der Waals surface area (Å²) in [4.78, 5) is 11.8. The molecule has 1 heterocycles. The number of carbonyl (C=O) groups excluding carboxylic acids is 1. The van der Waals surface area contributed by atoms with Gasteiger partial charge in [0.15, 0.2) is 18.2 Å². The third kappa shape index (κ3) is 2.02. The van der Waals surface area contributed by atoms with E-state index in [4.69, 9.17) is 0 Å². The van der Waals surface area contributed by atoms with Gasteiger partial charge in [0.2, 0.25) is 0 Å².